The minimum Gasteiger partial charge on any atom is -0.497 e. The molecule has 1 heterocycles. The van der Waals surface area contributed by atoms with Crippen molar-refractivity contribution in [3.8, 4) is 11.5 Å². The van der Waals surface area contributed by atoms with E-state index in [-0.39, 0.29) is 6.10 Å². The number of rotatable bonds is 2. The Morgan fingerprint density at radius 3 is 3.15 bits per heavy atom. The van der Waals surface area contributed by atoms with Gasteiger partial charge >= 0.3 is 0 Å². The quantitative estimate of drug-likeness (QED) is 0.742. The highest BCUT2D eigenvalue weighted by molar-refractivity contribution is 9.09. The van der Waals surface area contributed by atoms with Crippen LogP contribution in [0.15, 0.2) is 18.2 Å². The van der Waals surface area contributed by atoms with Gasteiger partial charge in [-0.1, -0.05) is 15.9 Å². The SMILES string of the molecule is COc1ccc2c(c1)C[C@H](CBr)O2. The second-order valence-corrected chi connectivity index (χ2v) is 3.72. The summed E-state index contributed by atoms with van der Waals surface area (Å²) in [7, 11) is 1.68. The van der Waals surface area contributed by atoms with Crippen molar-refractivity contribution in [3.63, 3.8) is 0 Å². The fourth-order valence-electron chi connectivity index (χ4n) is 1.51. The summed E-state index contributed by atoms with van der Waals surface area (Å²) in [5.74, 6) is 1.89. The summed E-state index contributed by atoms with van der Waals surface area (Å²) in [4.78, 5) is 0. The molecule has 70 valence electrons. The highest BCUT2D eigenvalue weighted by Crippen LogP contribution is 2.32. The van der Waals surface area contributed by atoms with Gasteiger partial charge in [0.2, 0.25) is 0 Å². The predicted molar refractivity (Wildman–Crippen MR) is 54.9 cm³/mol. The van der Waals surface area contributed by atoms with E-state index in [1.54, 1.807) is 7.11 Å². The van der Waals surface area contributed by atoms with Crippen molar-refractivity contribution in [3.05, 3.63) is 23.8 Å². The lowest BCUT2D eigenvalue weighted by Crippen LogP contribution is -2.13. The molecule has 0 saturated carbocycles. The van der Waals surface area contributed by atoms with Crippen LogP contribution in [-0.4, -0.2) is 18.5 Å². The summed E-state index contributed by atoms with van der Waals surface area (Å²) in [6, 6.07) is 5.93. The van der Waals surface area contributed by atoms with E-state index in [1.807, 2.05) is 18.2 Å². The lowest BCUT2D eigenvalue weighted by atomic mass is 10.1. The van der Waals surface area contributed by atoms with Crippen LogP contribution >= 0.6 is 15.9 Å². The van der Waals surface area contributed by atoms with E-state index >= 15 is 0 Å². The van der Waals surface area contributed by atoms with Crippen LogP contribution in [0.2, 0.25) is 0 Å². The molecular weight excluding hydrogens is 232 g/mol. The number of alkyl halides is 1. The van der Waals surface area contributed by atoms with Crippen molar-refractivity contribution >= 4 is 15.9 Å². The van der Waals surface area contributed by atoms with Gasteiger partial charge in [-0.2, -0.15) is 0 Å². The molecule has 0 amide bonds. The van der Waals surface area contributed by atoms with Crippen molar-refractivity contribution in [2.75, 3.05) is 12.4 Å². The zero-order valence-corrected chi connectivity index (χ0v) is 9.00. The molecule has 0 saturated heterocycles. The molecule has 1 aromatic rings. The lowest BCUT2D eigenvalue weighted by Gasteiger charge is -2.04. The molecule has 0 bridgehead atoms. The van der Waals surface area contributed by atoms with E-state index in [4.69, 9.17) is 9.47 Å². The normalized spacial score (nSPS) is 19.4. The van der Waals surface area contributed by atoms with Gasteiger partial charge in [0.05, 0.1) is 7.11 Å². The van der Waals surface area contributed by atoms with Crippen LogP contribution in [-0.2, 0) is 6.42 Å². The molecule has 13 heavy (non-hydrogen) atoms. The van der Waals surface area contributed by atoms with Crippen LogP contribution in [0.25, 0.3) is 0 Å². The van der Waals surface area contributed by atoms with Gasteiger partial charge in [0, 0.05) is 17.3 Å². The smallest absolute Gasteiger partial charge is 0.123 e. The zero-order chi connectivity index (χ0) is 9.26. The maximum absolute atomic E-state index is 5.65. The Balaban J connectivity index is 2.25. The average Bonchev–Trinajstić information content (AvgIpc) is 2.58. The highest BCUT2D eigenvalue weighted by atomic mass is 79.9. The second-order valence-electron chi connectivity index (χ2n) is 3.07. The summed E-state index contributed by atoms with van der Waals surface area (Å²) < 4.78 is 10.8. The first-order valence-corrected chi connectivity index (χ1v) is 5.35. The van der Waals surface area contributed by atoms with Crippen molar-refractivity contribution in [1.82, 2.24) is 0 Å². The fraction of sp³-hybridized carbons (Fsp3) is 0.400. The van der Waals surface area contributed by atoms with Gasteiger partial charge in [-0.3, -0.25) is 0 Å². The molecule has 0 fully saturated rings. The van der Waals surface area contributed by atoms with E-state index < -0.39 is 0 Å². The summed E-state index contributed by atoms with van der Waals surface area (Å²) >= 11 is 3.41. The Labute approximate surface area is 86.0 Å². The first-order chi connectivity index (χ1) is 6.33. The van der Waals surface area contributed by atoms with E-state index in [0.717, 1.165) is 23.2 Å². The summed E-state index contributed by atoms with van der Waals surface area (Å²) in [5.41, 5.74) is 1.24. The Morgan fingerprint density at radius 2 is 2.46 bits per heavy atom. The molecule has 0 aliphatic carbocycles. The van der Waals surface area contributed by atoms with Crippen molar-refractivity contribution in [1.29, 1.82) is 0 Å². The number of ether oxygens (including phenoxy) is 2. The number of fused-ring (bicyclic) bond motifs is 1. The largest absolute Gasteiger partial charge is 0.497 e. The minimum absolute atomic E-state index is 0.280. The van der Waals surface area contributed by atoms with Gasteiger partial charge in [-0.05, 0) is 18.2 Å². The van der Waals surface area contributed by atoms with E-state index in [1.165, 1.54) is 5.56 Å². The van der Waals surface area contributed by atoms with Crippen molar-refractivity contribution in [2.45, 2.75) is 12.5 Å². The molecular formula is C10H11BrO2. The molecule has 2 nitrogen and oxygen atoms in total. The Morgan fingerprint density at radius 1 is 1.62 bits per heavy atom. The topological polar surface area (TPSA) is 18.5 Å². The molecule has 1 atom stereocenters. The third-order valence-electron chi connectivity index (χ3n) is 2.18. The van der Waals surface area contributed by atoms with Crippen LogP contribution in [0.3, 0.4) is 0 Å². The van der Waals surface area contributed by atoms with Crippen LogP contribution in [0.5, 0.6) is 11.5 Å². The molecule has 0 unspecified atom stereocenters. The van der Waals surface area contributed by atoms with Crippen molar-refractivity contribution < 1.29 is 9.47 Å². The fourth-order valence-corrected chi connectivity index (χ4v) is 1.87. The average molecular weight is 243 g/mol. The Hall–Kier alpha value is -0.700. The van der Waals surface area contributed by atoms with Gasteiger partial charge < -0.3 is 9.47 Å². The maximum Gasteiger partial charge on any atom is 0.123 e. The van der Waals surface area contributed by atoms with Crippen LogP contribution in [0.4, 0.5) is 0 Å². The van der Waals surface area contributed by atoms with E-state index in [0.29, 0.717) is 0 Å². The second kappa shape index (κ2) is 3.58. The van der Waals surface area contributed by atoms with Gasteiger partial charge in [0.1, 0.15) is 17.6 Å². The van der Waals surface area contributed by atoms with Gasteiger partial charge in [0.15, 0.2) is 0 Å². The molecule has 3 heteroatoms. The monoisotopic (exact) mass is 242 g/mol. The predicted octanol–water partition coefficient (Wildman–Crippen LogP) is 2.39. The number of methoxy groups -OCH3 is 1. The lowest BCUT2D eigenvalue weighted by molar-refractivity contribution is 0.260. The van der Waals surface area contributed by atoms with Crippen LogP contribution in [0, 0.1) is 0 Å². The summed E-state index contributed by atoms with van der Waals surface area (Å²) in [6.07, 6.45) is 1.25. The first-order valence-electron chi connectivity index (χ1n) is 4.23. The number of hydrogen-bond acceptors (Lipinski definition) is 2. The third kappa shape index (κ3) is 1.66. The van der Waals surface area contributed by atoms with Gasteiger partial charge in [-0.15, -0.1) is 0 Å². The van der Waals surface area contributed by atoms with Crippen molar-refractivity contribution in [2.24, 2.45) is 0 Å². The molecule has 1 aliphatic rings. The third-order valence-corrected chi connectivity index (χ3v) is 2.90. The standard InChI is InChI=1S/C10H11BrO2/c1-12-8-2-3-10-7(4-8)5-9(6-11)13-10/h2-4,9H,5-6H2,1H3/t9-/m1/s1. The molecule has 1 aromatic carbocycles. The highest BCUT2D eigenvalue weighted by Gasteiger charge is 2.21. The van der Waals surface area contributed by atoms with E-state index in [9.17, 15) is 0 Å². The molecule has 1 aliphatic heterocycles. The van der Waals surface area contributed by atoms with E-state index in [2.05, 4.69) is 15.9 Å². The Kier molecular flexibility index (Phi) is 2.44. The first kappa shape index (κ1) is 8.88. The van der Waals surface area contributed by atoms with Gasteiger partial charge in [-0.25, -0.2) is 0 Å². The maximum atomic E-state index is 5.65. The van der Waals surface area contributed by atoms with Gasteiger partial charge in [0.25, 0.3) is 0 Å². The number of hydrogen-bond donors (Lipinski definition) is 0. The molecule has 0 spiro atoms. The van der Waals surface area contributed by atoms with Crippen LogP contribution < -0.4 is 9.47 Å². The summed E-state index contributed by atoms with van der Waals surface area (Å²) in [5, 5.41) is 0.879. The zero-order valence-electron chi connectivity index (χ0n) is 7.42. The van der Waals surface area contributed by atoms with Crippen LogP contribution in [0.1, 0.15) is 5.56 Å². The number of halogens is 1. The number of benzene rings is 1. The molecule has 0 N–H and O–H groups in total. The minimum atomic E-state index is 0.280. The molecule has 0 aromatic heterocycles. The Bertz CT molecular complexity index is 312. The summed E-state index contributed by atoms with van der Waals surface area (Å²) in [6.45, 7) is 0. The molecule has 2 rings (SSSR count). The molecule has 0 radical (unpaired) electrons.